The van der Waals surface area contributed by atoms with E-state index >= 15 is 0 Å². The second kappa shape index (κ2) is 14.1. The van der Waals surface area contributed by atoms with Crippen LogP contribution in [0.1, 0.15) is 48.3 Å². The number of aromatic nitrogens is 3. The molecule has 1 aliphatic heterocycles. The first-order valence-corrected chi connectivity index (χ1v) is 12.9. The summed E-state index contributed by atoms with van der Waals surface area (Å²) in [6, 6.07) is -0.511. The van der Waals surface area contributed by atoms with Crippen molar-refractivity contribution in [2.45, 2.75) is 68.5 Å². The molecule has 0 aromatic carbocycles. The van der Waals surface area contributed by atoms with Crippen LogP contribution in [-0.2, 0) is 23.9 Å². The van der Waals surface area contributed by atoms with Crippen molar-refractivity contribution in [1.82, 2.24) is 25.2 Å². The Kier molecular flexibility index (Phi) is 10.8. The average molecular weight is 609 g/mol. The lowest BCUT2D eigenvalue weighted by molar-refractivity contribution is -0.145. The largest absolute Gasteiger partial charge is 0.481 e. The Morgan fingerprint density at radius 2 is 1.86 bits per heavy atom. The van der Waals surface area contributed by atoms with Gasteiger partial charge in [0.2, 0.25) is 11.8 Å². The zero-order chi connectivity index (χ0) is 32.0. The van der Waals surface area contributed by atoms with Gasteiger partial charge < -0.3 is 51.6 Å². The third kappa shape index (κ3) is 7.67. The van der Waals surface area contributed by atoms with E-state index in [2.05, 4.69) is 20.6 Å². The van der Waals surface area contributed by atoms with Crippen molar-refractivity contribution in [3.8, 4) is 0 Å². The lowest BCUT2D eigenvalue weighted by Crippen LogP contribution is -2.61. The Morgan fingerprint density at radius 1 is 1.16 bits per heavy atom. The summed E-state index contributed by atoms with van der Waals surface area (Å²) in [5.74, 6) is -6.26. The van der Waals surface area contributed by atoms with Crippen molar-refractivity contribution in [3.05, 3.63) is 52.5 Å². The molecule has 0 bridgehead atoms. The Hall–Kier alpha value is -4.49. The third-order valence-corrected chi connectivity index (χ3v) is 6.97. The highest BCUT2D eigenvalue weighted by atomic mass is 16.6. The van der Waals surface area contributed by atoms with Crippen LogP contribution in [0.15, 0.2) is 35.4 Å². The minimum atomic E-state index is -1.96. The molecule has 10 N–H and O–H groups in total. The minimum absolute atomic E-state index is 0.197. The van der Waals surface area contributed by atoms with Crippen molar-refractivity contribution >= 4 is 30.0 Å². The van der Waals surface area contributed by atoms with Crippen LogP contribution in [0.5, 0.6) is 0 Å². The molecule has 3 heterocycles. The highest BCUT2D eigenvalue weighted by Gasteiger charge is 2.51. The van der Waals surface area contributed by atoms with Gasteiger partial charge >= 0.3 is 17.6 Å². The quantitative estimate of drug-likeness (QED) is 0.0946. The number of aldehydes is 1. The third-order valence-electron chi connectivity index (χ3n) is 6.97. The van der Waals surface area contributed by atoms with E-state index in [1.807, 2.05) is 0 Å². The maximum absolute atomic E-state index is 13.4. The van der Waals surface area contributed by atoms with Crippen LogP contribution in [0, 0.1) is 5.92 Å². The molecule has 0 aliphatic carbocycles. The molecule has 43 heavy (non-hydrogen) atoms. The number of nitrogens with one attached hydrogen (secondary N) is 3. The van der Waals surface area contributed by atoms with Gasteiger partial charge in [0.05, 0.1) is 17.4 Å². The summed E-state index contributed by atoms with van der Waals surface area (Å²) in [5, 5.41) is 54.9. The van der Waals surface area contributed by atoms with Crippen molar-refractivity contribution in [2.75, 3.05) is 0 Å². The van der Waals surface area contributed by atoms with E-state index in [1.165, 1.54) is 19.2 Å². The molecule has 9 unspecified atom stereocenters. The molecule has 1 saturated heterocycles. The second-order valence-corrected chi connectivity index (χ2v) is 9.91. The fraction of sp³-hybridized carbons (Fsp3) is 0.480. The van der Waals surface area contributed by atoms with E-state index in [1.54, 1.807) is 12.1 Å². The van der Waals surface area contributed by atoms with Crippen LogP contribution < -0.4 is 22.1 Å². The number of H-pyrrole nitrogens is 1. The summed E-state index contributed by atoms with van der Waals surface area (Å²) >= 11 is 0. The van der Waals surface area contributed by atoms with E-state index in [0.717, 1.165) is 10.8 Å². The summed E-state index contributed by atoms with van der Waals surface area (Å²) in [6.07, 6.45) is -7.14. The molecule has 234 valence electrons. The van der Waals surface area contributed by atoms with Crippen LogP contribution in [0.3, 0.4) is 0 Å². The number of aromatic amines is 1. The fourth-order valence-electron chi connectivity index (χ4n) is 4.46. The fourth-order valence-corrected chi connectivity index (χ4v) is 4.46. The van der Waals surface area contributed by atoms with Crippen molar-refractivity contribution < 1.29 is 54.2 Å². The summed E-state index contributed by atoms with van der Waals surface area (Å²) in [7, 11) is 0. The Labute approximate surface area is 242 Å². The number of aliphatic hydroxyl groups excluding tert-OH is 3. The second-order valence-electron chi connectivity index (χ2n) is 9.91. The number of carboxylic acids is 2. The molecular weight excluding hydrogens is 576 g/mol. The first kappa shape index (κ1) is 33.0. The minimum Gasteiger partial charge on any atom is -0.481 e. The van der Waals surface area contributed by atoms with E-state index in [4.69, 9.17) is 15.6 Å². The Balaban J connectivity index is 1.90. The number of nitrogens with two attached hydrogens (primary N) is 1. The molecule has 2 aromatic rings. The lowest BCUT2D eigenvalue weighted by Gasteiger charge is -2.30. The number of aliphatic hydroxyl groups is 3. The van der Waals surface area contributed by atoms with E-state index in [-0.39, 0.29) is 11.4 Å². The van der Waals surface area contributed by atoms with Crippen LogP contribution in [0.25, 0.3) is 0 Å². The van der Waals surface area contributed by atoms with Crippen molar-refractivity contribution in [1.29, 1.82) is 0 Å². The summed E-state index contributed by atoms with van der Waals surface area (Å²) in [5.41, 5.74) is 5.15. The first-order chi connectivity index (χ1) is 20.3. The first-order valence-electron chi connectivity index (χ1n) is 12.9. The average Bonchev–Trinajstić information content (AvgIpc) is 3.50. The maximum atomic E-state index is 13.4. The number of hydrogen-bond acceptors (Lipinski definition) is 12. The highest BCUT2D eigenvalue weighted by molar-refractivity contribution is 5.92. The number of carbonyl (C=O) groups excluding carboxylic acids is 3. The van der Waals surface area contributed by atoms with Crippen molar-refractivity contribution in [3.63, 3.8) is 0 Å². The standard InChI is InChI=1S/C25H32N6O12/c1-10(17(35)12-4-2-3-7-27-12)15(26)21(38)30-16(22(39)29-13(24(40)41)5-6-14(33)34)20-18(36)19(37)23(43-20)31-8-11(9-32)28-25(31)42/h2-4,7-10,13,15-20,23,35-37H,5-6,26H2,1H3,(H,28,42)(H,29,39)(H,30,38)(H,33,34)(H,40,41). The number of carbonyl (C=O) groups is 5. The number of aliphatic carboxylic acids is 2. The van der Waals surface area contributed by atoms with Gasteiger partial charge in [-0.3, -0.25) is 28.7 Å². The molecule has 1 aliphatic rings. The number of rotatable bonds is 14. The van der Waals surface area contributed by atoms with E-state index < -0.39 is 97.0 Å². The molecule has 3 rings (SSSR count). The number of amides is 2. The predicted octanol–water partition coefficient (Wildman–Crippen LogP) is -3.38. The van der Waals surface area contributed by atoms with Gasteiger partial charge in [-0.2, -0.15) is 0 Å². The van der Waals surface area contributed by atoms with E-state index in [0.29, 0.717) is 6.29 Å². The number of pyridine rings is 1. The molecule has 18 nitrogen and oxygen atoms in total. The molecule has 0 radical (unpaired) electrons. The molecule has 2 aromatic heterocycles. The van der Waals surface area contributed by atoms with Crippen LogP contribution in [0.2, 0.25) is 0 Å². The Bertz CT molecular complexity index is 1380. The van der Waals surface area contributed by atoms with Gasteiger partial charge in [0.1, 0.15) is 36.5 Å². The smallest absolute Gasteiger partial charge is 0.328 e. The van der Waals surface area contributed by atoms with Crippen LogP contribution in [0.4, 0.5) is 0 Å². The molecule has 0 spiro atoms. The molecular formula is C25H32N6O12. The van der Waals surface area contributed by atoms with Gasteiger partial charge in [0.25, 0.3) is 0 Å². The summed E-state index contributed by atoms with van der Waals surface area (Å²) < 4.78 is 6.34. The molecule has 2 amide bonds. The number of nitrogens with zero attached hydrogens (tertiary/aromatic N) is 2. The van der Waals surface area contributed by atoms with Gasteiger partial charge in [-0.15, -0.1) is 0 Å². The normalized spacial score (nSPS) is 23.4. The monoisotopic (exact) mass is 608 g/mol. The zero-order valence-corrected chi connectivity index (χ0v) is 22.6. The SMILES string of the molecule is CC(C(N)C(=O)NC(C(=O)NC(CCC(=O)O)C(=O)O)C1OC(n2cc(C=O)[nH]c2=O)C(O)C1O)C(O)c1ccccn1. The van der Waals surface area contributed by atoms with Gasteiger partial charge in [-0.1, -0.05) is 13.0 Å². The van der Waals surface area contributed by atoms with Crippen LogP contribution >= 0.6 is 0 Å². The lowest BCUT2D eigenvalue weighted by atomic mass is 9.92. The number of hydrogen-bond donors (Lipinski definition) is 9. The molecule has 18 heteroatoms. The maximum Gasteiger partial charge on any atom is 0.328 e. The van der Waals surface area contributed by atoms with Gasteiger partial charge in [0, 0.05) is 24.7 Å². The van der Waals surface area contributed by atoms with Gasteiger partial charge in [0.15, 0.2) is 12.5 Å². The van der Waals surface area contributed by atoms with Crippen LogP contribution in [-0.4, -0.2) is 107 Å². The molecule has 9 atom stereocenters. The molecule has 1 fully saturated rings. The summed E-state index contributed by atoms with van der Waals surface area (Å²) in [4.78, 5) is 78.8. The van der Waals surface area contributed by atoms with E-state index in [9.17, 15) is 49.2 Å². The Morgan fingerprint density at radius 3 is 2.42 bits per heavy atom. The number of imidazole rings is 1. The number of ether oxygens (including phenoxy) is 1. The topological polar surface area (TPSA) is 296 Å². The predicted molar refractivity (Wildman–Crippen MR) is 141 cm³/mol. The van der Waals surface area contributed by atoms with Crippen molar-refractivity contribution in [2.24, 2.45) is 11.7 Å². The van der Waals surface area contributed by atoms with Gasteiger partial charge in [-0.25, -0.2) is 9.59 Å². The summed E-state index contributed by atoms with van der Waals surface area (Å²) in [6.45, 7) is 1.43. The molecule has 0 saturated carbocycles. The van der Waals surface area contributed by atoms with Gasteiger partial charge in [-0.05, 0) is 18.6 Å². The highest BCUT2D eigenvalue weighted by Crippen LogP contribution is 2.31. The number of carboxylic acid groups (broad SMARTS) is 2. The zero-order valence-electron chi connectivity index (χ0n) is 22.6.